The van der Waals surface area contributed by atoms with E-state index in [1.807, 2.05) is 42.5 Å². The molecule has 6 heteroatoms. The summed E-state index contributed by atoms with van der Waals surface area (Å²) in [5.41, 5.74) is 2.03. The highest BCUT2D eigenvalue weighted by molar-refractivity contribution is 6.31. The van der Waals surface area contributed by atoms with E-state index in [0.717, 1.165) is 42.0 Å². The number of halogens is 1. The van der Waals surface area contributed by atoms with E-state index in [1.54, 1.807) is 7.11 Å². The quantitative estimate of drug-likeness (QED) is 0.697. The number of hydrogen-bond acceptors (Lipinski definition) is 4. The Morgan fingerprint density at radius 2 is 2.10 bits per heavy atom. The Hall–Kier alpha value is -2.24. The second-order valence-corrected chi connectivity index (χ2v) is 8.03. The molecule has 1 N–H and O–H groups in total. The summed E-state index contributed by atoms with van der Waals surface area (Å²) in [6.07, 6.45) is 3.11. The normalized spacial score (nSPS) is 22.9. The Bertz CT molecular complexity index is 866. The molecule has 1 heterocycles. The lowest BCUT2D eigenvalue weighted by Crippen LogP contribution is -2.25. The molecule has 1 saturated carbocycles. The van der Waals surface area contributed by atoms with E-state index < -0.39 is 0 Å². The zero-order chi connectivity index (χ0) is 20.2. The second-order valence-electron chi connectivity index (χ2n) is 7.62. The van der Waals surface area contributed by atoms with E-state index in [1.165, 1.54) is 0 Å². The van der Waals surface area contributed by atoms with Crippen molar-refractivity contribution in [1.82, 2.24) is 5.32 Å². The van der Waals surface area contributed by atoms with Gasteiger partial charge in [-0.25, -0.2) is 0 Å². The molecule has 1 aliphatic carbocycles. The van der Waals surface area contributed by atoms with Crippen LogP contribution in [-0.4, -0.2) is 32.3 Å². The van der Waals surface area contributed by atoms with Crippen molar-refractivity contribution in [1.29, 1.82) is 0 Å². The second kappa shape index (κ2) is 9.06. The standard InChI is InChI=1S/C23H26ClNO4/c1-27-22-11-15(8-9-21(22)29-14-16-5-4-10-28-16)13-25-23(26)19-12-18(19)17-6-2-3-7-20(17)24/h2-3,6-9,11,16,18-19H,4-5,10,12-14H2,1H3,(H,25,26). The average molecular weight is 416 g/mol. The first-order valence-corrected chi connectivity index (χ1v) is 10.5. The molecule has 0 aromatic heterocycles. The first-order chi connectivity index (χ1) is 14.2. The van der Waals surface area contributed by atoms with Crippen LogP contribution in [0.15, 0.2) is 42.5 Å². The third-order valence-electron chi connectivity index (χ3n) is 5.58. The molecule has 2 aromatic rings. The summed E-state index contributed by atoms with van der Waals surface area (Å²) in [7, 11) is 1.62. The number of benzene rings is 2. The van der Waals surface area contributed by atoms with Crippen LogP contribution >= 0.6 is 11.6 Å². The third-order valence-corrected chi connectivity index (χ3v) is 5.92. The molecule has 2 aliphatic rings. The highest BCUT2D eigenvalue weighted by Crippen LogP contribution is 2.49. The third kappa shape index (κ3) is 4.85. The predicted octanol–water partition coefficient (Wildman–Crippen LogP) is 4.33. The van der Waals surface area contributed by atoms with Crippen LogP contribution in [0.2, 0.25) is 5.02 Å². The molecular weight excluding hydrogens is 390 g/mol. The number of amides is 1. The zero-order valence-corrected chi connectivity index (χ0v) is 17.3. The maximum absolute atomic E-state index is 12.5. The Kier molecular flexibility index (Phi) is 6.26. The molecule has 154 valence electrons. The largest absolute Gasteiger partial charge is 0.493 e. The SMILES string of the molecule is COc1cc(CNC(=O)C2CC2c2ccccc2Cl)ccc1OCC1CCCO1. The van der Waals surface area contributed by atoms with Gasteiger partial charge < -0.3 is 19.5 Å². The minimum absolute atomic E-state index is 0.00851. The monoisotopic (exact) mass is 415 g/mol. The number of nitrogens with one attached hydrogen (secondary N) is 1. The first kappa shape index (κ1) is 20.0. The molecule has 2 aromatic carbocycles. The van der Waals surface area contributed by atoms with Crippen LogP contribution in [0, 0.1) is 5.92 Å². The van der Waals surface area contributed by atoms with Crippen LogP contribution in [0.1, 0.15) is 36.3 Å². The number of carbonyl (C=O) groups is 1. The number of ether oxygens (including phenoxy) is 3. The van der Waals surface area contributed by atoms with Crippen molar-refractivity contribution in [2.45, 2.75) is 37.8 Å². The molecule has 1 saturated heterocycles. The van der Waals surface area contributed by atoms with Gasteiger partial charge in [-0.1, -0.05) is 35.9 Å². The summed E-state index contributed by atoms with van der Waals surface area (Å²) < 4.78 is 16.9. The molecule has 2 fully saturated rings. The lowest BCUT2D eigenvalue weighted by atomic mass is 10.1. The molecule has 1 aliphatic heterocycles. The van der Waals surface area contributed by atoms with E-state index in [0.29, 0.717) is 24.7 Å². The molecule has 0 spiro atoms. The topological polar surface area (TPSA) is 56.8 Å². The predicted molar refractivity (Wildman–Crippen MR) is 112 cm³/mol. The number of hydrogen-bond donors (Lipinski definition) is 1. The molecule has 4 rings (SSSR count). The van der Waals surface area contributed by atoms with Gasteiger partial charge in [0, 0.05) is 24.1 Å². The van der Waals surface area contributed by atoms with Crippen molar-refractivity contribution in [3.8, 4) is 11.5 Å². The molecule has 0 radical (unpaired) electrons. The Labute approximate surface area is 176 Å². The summed E-state index contributed by atoms with van der Waals surface area (Å²) >= 11 is 6.25. The lowest BCUT2D eigenvalue weighted by molar-refractivity contribution is -0.122. The summed E-state index contributed by atoms with van der Waals surface area (Å²) in [5.74, 6) is 1.62. The number of methoxy groups -OCH3 is 1. The van der Waals surface area contributed by atoms with Crippen molar-refractivity contribution in [3.05, 3.63) is 58.6 Å². The maximum atomic E-state index is 12.5. The fourth-order valence-corrected chi connectivity index (χ4v) is 4.10. The average Bonchev–Trinajstić information content (AvgIpc) is 3.36. The van der Waals surface area contributed by atoms with Crippen LogP contribution in [0.4, 0.5) is 0 Å². The van der Waals surface area contributed by atoms with E-state index in [9.17, 15) is 4.79 Å². The fourth-order valence-electron chi connectivity index (χ4n) is 3.82. The Morgan fingerprint density at radius 1 is 1.24 bits per heavy atom. The fraction of sp³-hybridized carbons (Fsp3) is 0.435. The summed E-state index contributed by atoms with van der Waals surface area (Å²) in [6.45, 7) is 1.78. The highest BCUT2D eigenvalue weighted by Gasteiger charge is 2.44. The van der Waals surface area contributed by atoms with Crippen molar-refractivity contribution < 1.29 is 19.0 Å². The summed E-state index contributed by atoms with van der Waals surface area (Å²) in [5, 5.41) is 3.76. The van der Waals surface area contributed by atoms with Gasteiger partial charge in [-0.05, 0) is 54.5 Å². The summed E-state index contributed by atoms with van der Waals surface area (Å²) in [6, 6.07) is 13.5. The van der Waals surface area contributed by atoms with Gasteiger partial charge in [0.25, 0.3) is 0 Å². The minimum atomic E-state index is -0.00851. The molecular formula is C23H26ClNO4. The van der Waals surface area contributed by atoms with Crippen LogP contribution in [-0.2, 0) is 16.1 Å². The van der Waals surface area contributed by atoms with Crippen molar-refractivity contribution in [2.75, 3.05) is 20.3 Å². The van der Waals surface area contributed by atoms with Crippen LogP contribution in [0.3, 0.4) is 0 Å². The van der Waals surface area contributed by atoms with Gasteiger partial charge in [0.1, 0.15) is 6.61 Å². The number of rotatable bonds is 8. The molecule has 0 bridgehead atoms. The van der Waals surface area contributed by atoms with E-state index in [4.69, 9.17) is 25.8 Å². The van der Waals surface area contributed by atoms with Crippen molar-refractivity contribution in [3.63, 3.8) is 0 Å². The molecule has 3 atom stereocenters. The van der Waals surface area contributed by atoms with E-state index in [2.05, 4.69) is 5.32 Å². The highest BCUT2D eigenvalue weighted by atomic mass is 35.5. The molecule has 3 unspecified atom stereocenters. The van der Waals surface area contributed by atoms with Gasteiger partial charge in [0.15, 0.2) is 11.5 Å². The smallest absolute Gasteiger partial charge is 0.224 e. The van der Waals surface area contributed by atoms with Crippen LogP contribution < -0.4 is 14.8 Å². The van der Waals surface area contributed by atoms with E-state index >= 15 is 0 Å². The van der Waals surface area contributed by atoms with Gasteiger partial charge in [0.05, 0.1) is 13.2 Å². The maximum Gasteiger partial charge on any atom is 0.224 e. The van der Waals surface area contributed by atoms with Crippen molar-refractivity contribution >= 4 is 17.5 Å². The van der Waals surface area contributed by atoms with Gasteiger partial charge in [0.2, 0.25) is 5.91 Å². The zero-order valence-electron chi connectivity index (χ0n) is 16.5. The summed E-state index contributed by atoms with van der Waals surface area (Å²) in [4.78, 5) is 12.5. The van der Waals surface area contributed by atoms with Gasteiger partial charge in [-0.2, -0.15) is 0 Å². The Morgan fingerprint density at radius 3 is 2.86 bits per heavy atom. The van der Waals surface area contributed by atoms with Gasteiger partial charge >= 0.3 is 0 Å². The van der Waals surface area contributed by atoms with Crippen molar-refractivity contribution in [2.24, 2.45) is 5.92 Å². The van der Waals surface area contributed by atoms with Crippen LogP contribution in [0.25, 0.3) is 0 Å². The molecule has 29 heavy (non-hydrogen) atoms. The lowest BCUT2D eigenvalue weighted by Gasteiger charge is -2.15. The number of carbonyl (C=O) groups excluding carboxylic acids is 1. The van der Waals surface area contributed by atoms with Crippen LogP contribution in [0.5, 0.6) is 11.5 Å². The Balaban J connectivity index is 1.30. The molecule has 1 amide bonds. The first-order valence-electron chi connectivity index (χ1n) is 10.1. The van der Waals surface area contributed by atoms with E-state index in [-0.39, 0.29) is 23.8 Å². The van der Waals surface area contributed by atoms with Gasteiger partial charge in [-0.15, -0.1) is 0 Å². The van der Waals surface area contributed by atoms with Gasteiger partial charge in [-0.3, -0.25) is 4.79 Å². The minimum Gasteiger partial charge on any atom is -0.493 e. The molecule has 5 nitrogen and oxygen atoms in total.